The van der Waals surface area contributed by atoms with Gasteiger partial charge in [-0.1, -0.05) is 44.8 Å². The molecule has 0 bridgehead atoms. The molecule has 0 radical (unpaired) electrons. The lowest BCUT2D eigenvalue weighted by molar-refractivity contribution is 0.0947. The first-order valence-electron chi connectivity index (χ1n) is 7.15. The molecule has 3 rings (SSSR count). The van der Waals surface area contributed by atoms with Crippen molar-refractivity contribution in [3.8, 4) is 11.3 Å². The molecule has 0 unspecified atom stereocenters. The van der Waals surface area contributed by atoms with Crippen molar-refractivity contribution in [2.24, 2.45) is 0 Å². The van der Waals surface area contributed by atoms with Gasteiger partial charge in [0.15, 0.2) is 5.76 Å². The van der Waals surface area contributed by atoms with Crippen LogP contribution in [0.4, 0.5) is 0 Å². The first-order valence-corrected chi connectivity index (χ1v) is 8.32. The molecule has 1 aromatic carbocycles. The Labute approximate surface area is 152 Å². The molecule has 0 atom stereocenters. The highest BCUT2D eigenvalue weighted by Gasteiger charge is 2.11. The number of amides is 1. The molecule has 7 heteroatoms. The molecule has 2 aromatic heterocycles. The second-order valence-electron chi connectivity index (χ2n) is 5.19. The predicted molar refractivity (Wildman–Crippen MR) is 94.8 cm³/mol. The van der Waals surface area contributed by atoms with Crippen LogP contribution in [-0.2, 0) is 6.54 Å². The van der Waals surface area contributed by atoms with Crippen LogP contribution in [0.25, 0.3) is 11.3 Å². The third-order valence-corrected chi connectivity index (χ3v) is 4.03. The van der Waals surface area contributed by atoms with Crippen LogP contribution in [0.5, 0.6) is 0 Å². The summed E-state index contributed by atoms with van der Waals surface area (Å²) in [5.74, 6) is 0.321. The molecule has 122 valence electrons. The lowest BCUT2D eigenvalue weighted by Crippen LogP contribution is -2.22. The topological polar surface area (TPSA) is 68.0 Å². The Morgan fingerprint density at radius 2 is 2.00 bits per heavy atom. The molecule has 2 heterocycles. The zero-order chi connectivity index (χ0) is 17.1. The summed E-state index contributed by atoms with van der Waals surface area (Å²) < 4.78 is 6.26. The number of rotatable bonds is 4. The first kappa shape index (κ1) is 16.7. The van der Waals surface area contributed by atoms with Gasteiger partial charge in [-0.15, -0.1) is 0 Å². The number of carbonyl (C=O) groups excluding carboxylic acids is 1. The quantitative estimate of drug-likeness (QED) is 0.652. The molecule has 0 saturated carbocycles. The van der Waals surface area contributed by atoms with Gasteiger partial charge in [-0.2, -0.15) is 0 Å². The van der Waals surface area contributed by atoms with Gasteiger partial charge in [-0.25, -0.2) is 4.98 Å². The number of benzene rings is 1. The van der Waals surface area contributed by atoms with Crippen LogP contribution in [0.1, 0.15) is 21.8 Å². The van der Waals surface area contributed by atoms with Gasteiger partial charge < -0.3 is 9.84 Å². The minimum absolute atomic E-state index is 0.237. The lowest BCUT2D eigenvalue weighted by atomic mass is 10.1. The fourth-order valence-electron chi connectivity index (χ4n) is 2.18. The van der Waals surface area contributed by atoms with Crippen molar-refractivity contribution in [3.05, 3.63) is 69.1 Å². The van der Waals surface area contributed by atoms with Gasteiger partial charge >= 0.3 is 0 Å². The van der Waals surface area contributed by atoms with Crippen molar-refractivity contribution in [1.82, 2.24) is 15.5 Å². The molecule has 0 aliphatic rings. The smallest absolute Gasteiger partial charge is 0.251 e. The zero-order valence-electron chi connectivity index (χ0n) is 12.7. The summed E-state index contributed by atoms with van der Waals surface area (Å²) in [7, 11) is 0. The minimum atomic E-state index is -0.246. The Kier molecular flexibility index (Phi) is 4.97. The molecule has 5 nitrogen and oxygen atoms in total. The Morgan fingerprint density at radius 3 is 2.71 bits per heavy atom. The third-order valence-electron chi connectivity index (χ3n) is 3.31. The molecular formula is C17H13BrClN3O2. The Balaban J connectivity index is 1.67. The number of nitrogens with one attached hydrogen (secondary N) is 1. The molecule has 1 amide bonds. The van der Waals surface area contributed by atoms with Gasteiger partial charge in [-0.3, -0.25) is 4.79 Å². The molecule has 0 saturated heterocycles. The number of aryl methyl sites for hydroxylation is 1. The van der Waals surface area contributed by atoms with Crippen molar-refractivity contribution in [3.63, 3.8) is 0 Å². The maximum absolute atomic E-state index is 12.2. The monoisotopic (exact) mass is 405 g/mol. The van der Waals surface area contributed by atoms with Crippen LogP contribution in [0, 0.1) is 6.92 Å². The van der Waals surface area contributed by atoms with Gasteiger partial charge in [0, 0.05) is 27.4 Å². The zero-order valence-corrected chi connectivity index (χ0v) is 15.1. The van der Waals surface area contributed by atoms with Gasteiger partial charge in [-0.05, 0) is 31.2 Å². The summed E-state index contributed by atoms with van der Waals surface area (Å²) in [4.78, 5) is 16.2. The van der Waals surface area contributed by atoms with Crippen LogP contribution in [0.2, 0.25) is 5.15 Å². The Bertz CT molecular complexity index is 858. The molecular weight excluding hydrogens is 394 g/mol. The third kappa shape index (κ3) is 4.01. The number of hydrogen-bond donors (Lipinski definition) is 1. The van der Waals surface area contributed by atoms with Crippen LogP contribution >= 0.6 is 27.5 Å². The maximum Gasteiger partial charge on any atom is 0.251 e. The molecule has 0 spiro atoms. The van der Waals surface area contributed by atoms with Crippen molar-refractivity contribution < 1.29 is 9.32 Å². The average molecular weight is 407 g/mol. The van der Waals surface area contributed by atoms with Crippen molar-refractivity contribution in [2.75, 3.05) is 0 Å². The average Bonchev–Trinajstić information content (AvgIpc) is 3.01. The SMILES string of the molecule is Cc1cc(C(=O)NCc2cc(-c3ccc(Br)cc3)no2)cc(Cl)n1. The highest BCUT2D eigenvalue weighted by molar-refractivity contribution is 9.10. The Hall–Kier alpha value is -2.18. The van der Waals surface area contributed by atoms with E-state index in [9.17, 15) is 4.79 Å². The number of carbonyl (C=O) groups is 1. The number of pyridine rings is 1. The van der Waals surface area contributed by atoms with Crippen LogP contribution in [-0.4, -0.2) is 16.0 Å². The summed E-state index contributed by atoms with van der Waals surface area (Å²) in [6, 6.07) is 12.7. The van der Waals surface area contributed by atoms with E-state index in [-0.39, 0.29) is 17.6 Å². The highest BCUT2D eigenvalue weighted by atomic mass is 79.9. The van der Waals surface area contributed by atoms with Gasteiger partial charge in [0.1, 0.15) is 10.8 Å². The van der Waals surface area contributed by atoms with Gasteiger partial charge in [0.2, 0.25) is 0 Å². The van der Waals surface area contributed by atoms with E-state index in [2.05, 4.69) is 31.4 Å². The Morgan fingerprint density at radius 1 is 1.25 bits per heavy atom. The van der Waals surface area contributed by atoms with E-state index in [1.165, 1.54) is 6.07 Å². The summed E-state index contributed by atoms with van der Waals surface area (Å²) in [5, 5.41) is 7.09. The molecule has 0 aliphatic carbocycles. The fourth-order valence-corrected chi connectivity index (χ4v) is 2.70. The first-order chi connectivity index (χ1) is 11.5. The lowest BCUT2D eigenvalue weighted by Gasteiger charge is -2.04. The molecule has 3 aromatic rings. The number of halogens is 2. The van der Waals surface area contributed by atoms with E-state index in [1.54, 1.807) is 19.1 Å². The largest absolute Gasteiger partial charge is 0.359 e. The van der Waals surface area contributed by atoms with E-state index in [1.807, 2.05) is 24.3 Å². The summed E-state index contributed by atoms with van der Waals surface area (Å²) in [6.07, 6.45) is 0. The van der Waals surface area contributed by atoms with E-state index in [0.29, 0.717) is 17.0 Å². The summed E-state index contributed by atoms with van der Waals surface area (Å²) >= 11 is 9.26. The number of hydrogen-bond acceptors (Lipinski definition) is 4. The van der Waals surface area contributed by atoms with Crippen LogP contribution < -0.4 is 5.32 Å². The standard InChI is InChI=1S/C17H13BrClN3O2/c1-10-6-12(7-16(19)21-10)17(23)20-9-14-8-15(22-24-14)11-2-4-13(18)5-3-11/h2-8H,9H2,1H3,(H,20,23). The highest BCUT2D eigenvalue weighted by Crippen LogP contribution is 2.21. The normalized spacial score (nSPS) is 10.6. The van der Waals surface area contributed by atoms with Crippen molar-refractivity contribution in [1.29, 1.82) is 0 Å². The number of nitrogens with zero attached hydrogens (tertiary/aromatic N) is 2. The molecule has 24 heavy (non-hydrogen) atoms. The van der Waals surface area contributed by atoms with E-state index in [0.717, 1.165) is 15.7 Å². The van der Waals surface area contributed by atoms with E-state index in [4.69, 9.17) is 16.1 Å². The van der Waals surface area contributed by atoms with Gasteiger partial charge in [0.05, 0.1) is 6.54 Å². The summed E-state index contributed by atoms with van der Waals surface area (Å²) in [6.45, 7) is 2.02. The van der Waals surface area contributed by atoms with E-state index >= 15 is 0 Å². The second-order valence-corrected chi connectivity index (χ2v) is 6.49. The predicted octanol–water partition coefficient (Wildman–Crippen LogP) is 4.39. The maximum atomic E-state index is 12.2. The minimum Gasteiger partial charge on any atom is -0.359 e. The van der Waals surface area contributed by atoms with E-state index < -0.39 is 0 Å². The summed E-state index contributed by atoms with van der Waals surface area (Å²) in [5.41, 5.74) is 2.80. The molecule has 0 fully saturated rings. The van der Waals surface area contributed by atoms with Crippen molar-refractivity contribution >= 4 is 33.4 Å². The molecule has 1 N–H and O–H groups in total. The molecule has 0 aliphatic heterocycles. The van der Waals surface area contributed by atoms with Crippen molar-refractivity contribution in [2.45, 2.75) is 13.5 Å². The van der Waals surface area contributed by atoms with Crippen LogP contribution in [0.3, 0.4) is 0 Å². The van der Waals surface area contributed by atoms with Gasteiger partial charge in [0.25, 0.3) is 5.91 Å². The number of aromatic nitrogens is 2. The fraction of sp³-hybridized carbons (Fsp3) is 0.118. The second kappa shape index (κ2) is 7.15. The van der Waals surface area contributed by atoms with Crippen LogP contribution in [0.15, 0.2) is 51.5 Å².